The summed E-state index contributed by atoms with van der Waals surface area (Å²) in [5.74, 6) is 0.158. The van der Waals surface area contributed by atoms with Crippen molar-refractivity contribution in [3.05, 3.63) is 64.7 Å². The fourth-order valence-corrected chi connectivity index (χ4v) is 2.45. The fourth-order valence-electron chi connectivity index (χ4n) is 2.45. The van der Waals surface area contributed by atoms with Crippen molar-refractivity contribution < 1.29 is 19.1 Å². The van der Waals surface area contributed by atoms with Gasteiger partial charge >= 0.3 is 5.97 Å². The highest BCUT2D eigenvalue weighted by molar-refractivity contribution is 5.97. The van der Waals surface area contributed by atoms with Gasteiger partial charge in [-0.05, 0) is 42.7 Å². The van der Waals surface area contributed by atoms with Crippen molar-refractivity contribution in [1.82, 2.24) is 0 Å². The van der Waals surface area contributed by atoms with Crippen molar-refractivity contribution in [2.24, 2.45) is 0 Å². The molecule has 0 unspecified atom stereocenters. The second kappa shape index (κ2) is 8.29. The van der Waals surface area contributed by atoms with Crippen molar-refractivity contribution in [2.45, 2.75) is 33.3 Å². The Bertz CT molecular complexity index is 714. The van der Waals surface area contributed by atoms with Gasteiger partial charge in [-0.1, -0.05) is 30.3 Å². The summed E-state index contributed by atoms with van der Waals surface area (Å²) in [6.45, 7) is 4.56. The molecule has 0 fully saturated rings. The van der Waals surface area contributed by atoms with Gasteiger partial charge in [0.2, 0.25) is 0 Å². The van der Waals surface area contributed by atoms with Crippen LogP contribution in [0, 0.1) is 13.8 Å². The van der Waals surface area contributed by atoms with E-state index in [-0.39, 0.29) is 24.6 Å². The van der Waals surface area contributed by atoms with Crippen molar-refractivity contribution in [3.8, 4) is 5.75 Å². The van der Waals surface area contributed by atoms with Gasteiger partial charge in [-0.15, -0.1) is 0 Å². The van der Waals surface area contributed by atoms with E-state index >= 15 is 0 Å². The van der Waals surface area contributed by atoms with Gasteiger partial charge in [0.1, 0.15) is 12.4 Å². The lowest BCUT2D eigenvalue weighted by atomic mass is 10.0. The Morgan fingerprint density at radius 1 is 0.958 bits per heavy atom. The number of carbonyl (C=O) groups is 2. The second-order valence-corrected chi connectivity index (χ2v) is 5.69. The lowest BCUT2D eigenvalue weighted by Gasteiger charge is -2.12. The van der Waals surface area contributed by atoms with E-state index in [1.807, 2.05) is 12.1 Å². The first-order chi connectivity index (χ1) is 11.5. The number of methoxy groups -OCH3 is 1. The van der Waals surface area contributed by atoms with E-state index in [2.05, 4.69) is 30.7 Å². The van der Waals surface area contributed by atoms with Crippen molar-refractivity contribution >= 4 is 11.8 Å². The number of carbonyl (C=O) groups excluding carboxylic acids is 2. The Morgan fingerprint density at radius 3 is 2.29 bits per heavy atom. The maximum Gasteiger partial charge on any atom is 0.305 e. The van der Waals surface area contributed by atoms with Gasteiger partial charge in [-0.3, -0.25) is 9.59 Å². The molecule has 0 amide bonds. The molecule has 4 heteroatoms. The Labute approximate surface area is 142 Å². The van der Waals surface area contributed by atoms with Crippen LogP contribution in [0.5, 0.6) is 5.75 Å². The third-order valence-corrected chi connectivity index (χ3v) is 3.97. The van der Waals surface area contributed by atoms with Gasteiger partial charge in [-0.2, -0.15) is 0 Å². The summed E-state index contributed by atoms with van der Waals surface area (Å²) in [5, 5.41) is 0. The highest BCUT2D eigenvalue weighted by atomic mass is 16.5. The zero-order valence-electron chi connectivity index (χ0n) is 14.3. The smallest absolute Gasteiger partial charge is 0.305 e. The van der Waals surface area contributed by atoms with Gasteiger partial charge in [0.15, 0.2) is 5.78 Å². The molecule has 0 heterocycles. The highest BCUT2D eigenvalue weighted by Gasteiger charge is 2.11. The number of rotatable bonds is 7. The first-order valence-corrected chi connectivity index (χ1v) is 7.89. The molecule has 0 N–H and O–H groups in total. The maximum atomic E-state index is 12.1. The van der Waals surface area contributed by atoms with Gasteiger partial charge in [0.05, 0.1) is 13.5 Å². The number of benzene rings is 2. The molecule has 0 bridgehead atoms. The first kappa shape index (κ1) is 17.7. The van der Waals surface area contributed by atoms with Crippen LogP contribution in [-0.2, 0) is 16.1 Å². The minimum atomic E-state index is -0.384. The summed E-state index contributed by atoms with van der Waals surface area (Å²) in [4.78, 5) is 23.3. The lowest BCUT2D eigenvalue weighted by molar-refractivity contribution is -0.140. The molecule has 0 aliphatic rings. The van der Waals surface area contributed by atoms with Gasteiger partial charge in [-0.25, -0.2) is 0 Å². The van der Waals surface area contributed by atoms with Crippen molar-refractivity contribution in [2.75, 3.05) is 7.11 Å². The SMILES string of the molecule is COC(=O)CCC(=O)c1cccc(OCc2c(C)cccc2C)c1. The number of hydrogen-bond donors (Lipinski definition) is 0. The number of hydrogen-bond acceptors (Lipinski definition) is 4. The summed E-state index contributed by atoms with van der Waals surface area (Å²) >= 11 is 0. The third-order valence-electron chi connectivity index (χ3n) is 3.97. The molecule has 2 rings (SSSR count). The molecule has 0 aliphatic heterocycles. The Hall–Kier alpha value is -2.62. The molecule has 0 saturated heterocycles. The van der Waals surface area contributed by atoms with Crippen LogP contribution < -0.4 is 4.74 Å². The summed E-state index contributed by atoms with van der Waals surface area (Å²) < 4.78 is 10.4. The zero-order valence-corrected chi connectivity index (χ0v) is 14.3. The van der Waals surface area contributed by atoms with E-state index in [1.54, 1.807) is 18.2 Å². The van der Waals surface area contributed by atoms with Crippen LogP contribution in [0.3, 0.4) is 0 Å². The molecule has 0 saturated carbocycles. The molecule has 2 aromatic carbocycles. The quantitative estimate of drug-likeness (QED) is 0.570. The molecule has 4 nitrogen and oxygen atoms in total. The van der Waals surface area contributed by atoms with Crippen LogP contribution in [0.1, 0.15) is 39.9 Å². The van der Waals surface area contributed by atoms with E-state index in [1.165, 1.54) is 18.2 Å². The van der Waals surface area contributed by atoms with Gasteiger partial charge in [0.25, 0.3) is 0 Å². The molecule has 0 aliphatic carbocycles. The first-order valence-electron chi connectivity index (χ1n) is 7.89. The van der Waals surface area contributed by atoms with Crippen molar-refractivity contribution in [3.63, 3.8) is 0 Å². The van der Waals surface area contributed by atoms with Crippen LogP contribution in [0.15, 0.2) is 42.5 Å². The average Bonchev–Trinajstić information content (AvgIpc) is 2.59. The van der Waals surface area contributed by atoms with E-state index in [0.29, 0.717) is 17.9 Å². The van der Waals surface area contributed by atoms with Crippen LogP contribution in [0.25, 0.3) is 0 Å². The molecule has 0 spiro atoms. The molecule has 126 valence electrons. The Kier molecular flexibility index (Phi) is 6.13. The summed E-state index contributed by atoms with van der Waals surface area (Å²) in [6, 6.07) is 13.2. The number of aryl methyl sites for hydroxylation is 2. The number of ketones is 1. The van der Waals surface area contributed by atoms with Gasteiger partial charge in [0, 0.05) is 12.0 Å². The molecule has 0 radical (unpaired) electrons. The summed E-state index contributed by atoms with van der Waals surface area (Å²) in [7, 11) is 1.31. The zero-order chi connectivity index (χ0) is 17.5. The molecule has 0 aromatic heterocycles. The minimum absolute atomic E-state index is 0.0861. The number of Topliss-reactive ketones (excluding diaryl/α,β-unsaturated/α-hetero) is 1. The summed E-state index contributed by atoms with van der Waals surface area (Å²) in [5.41, 5.74) is 4.05. The number of ether oxygens (including phenoxy) is 2. The largest absolute Gasteiger partial charge is 0.489 e. The van der Waals surface area contributed by atoms with E-state index in [9.17, 15) is 9.59 Å². The van der Waals surface area contributed by atoms with E-state index < -0.39 is 0 Å². The minimum Gasteiger partial charge on any atom is -0.489 e. The van der Waals surface area contributed by atoms with Gasteiger partial charge < -0.3 is 9.47 Å². The summed E-state index contributed by atoms with van der Waals surface area (Å²) in [6.07, 6.45) is 0.218. The third kappa shape index (κ3) is 4.69. The fraction of sp³-hybridized carbons (Fsp3) is 0.300. The predicted molar refractivity (Wildman–Crippen MR) is 92.3 cm³/mol. The topological polar surface area (TPSA) is 52.6 Å². The molecule has 24 heavy (non-hydrogen) atoms. The lowest BCUT2D eigenvalue weighted by Crippen LogP contribution is -2.06. The second-order valence-electron chi connectivity index (χ2n) is 5.69. The van der Waals surface area contributed by atoms with E-state index in [0.717, 1.165) is 5.56 Å². The molecule has 0 atom stereocenters. The van der Waals surface area contributed by atoms with Crippen LogP contribution in [0.2, 0.25) is 0 Å². The standard InChI is InChI=1S/C20H22O4/c1-14-6-4-7-15(2)18(14)13-24-17-9-5-8-16(12-17)19(21)10-11-20(22)23-3/h4-9,12H,10-11,13H2,1-3H3. The van der Waals surface area contributed by atoms with Crippen LogP contribution >= 0.6 is 0 Å². The molecule has 2 aromatic rings. The normalized spacial score (nSPS) is 10.3. The predicted octanol–water partition coefficient (Wildman–Crippen LogP) is 4.02. The molecular formula is C20H22O4. The van der Waals surface area contributed by atoms with E-state index in [4.69, 9.17) is 4.74 Å². The maximum absolute atomic E-state index is 12.1. The number of esters is 1. The Morgan fingerprint density at radius 2 is 1.62 bits per heavy atom. The van der Waals surface area contributed by atoms with Crippen molar-refractivity contribution in [1.29, 1.82) is 0 Å². The van der Waals surface area contributed by atoms with Crippen LogP contribution in [-0.4, -0.2) is 18.9 Å². The monoisotopic (exact) mass is 326 g/mol. The average molecular weight is 326 g/mol. The Balaban J connectivity index is 2.02. The van der Waals surface area contributed by atoms with Crippen LogP contribution in [0.4, 0.5) is 0 Å². The highest BCUT2D eigenvalue weighted by Crippen LogP contribution is 2.19. The molecular weight excluding hydrogens is 304 g/mol.